The van der Waals surface area contributed by atoms with Crippen molar-refractivity contribution in [2.75, 3.05) is 0 Å². The Balaban J connectivity index is 1.82. The third kappa shape index (κ3) is 2.19. The summed E-state index contributed by atoms with van der Waals surface area (Å²) in [4.78, 5) is 0. The van der Waals surface area contributed by atoms with E-state index in [2.05, 4.69) is 29.4 Å². The van der Waals surface area contributed by atoms with Crippen LogP contribution in [0.2, 0.25) is 0 Å². The molecule has 1 heterocycles. The van der Waals surface area contributed by atoms with Gasteiger partial charge >= 0.3 is 0 Å². The largest absolute Gasteiger partial charge is 0.392 e. The third-order valence-corrected chi connectivity index (χ3v) is 4.40. The molecule has 0 saturated heterocycles. The summed E-state index contributed by atoms with van der Waals surface area (Å²) in [5.74, 6) is 0. The van der Waals surface area contributed by atoms with Crippen LogP contribution in [0.4, 0.5) is 0 Å². The second kappa shape index (κ2) is 4.82. The maximum atomic E-state index is 10.7. The van der Waals surface area contributed by atoms with Crippen LogP contribution in [-0.2, 0) is 18.9 Å². The smallest absolute Gasteiger partial charge is 0.0692 e. The highest BCUT2D eigenvalue weighted by Crippen LogP contribution is 2.47. The minimum Gasteiger partial charge on any atom is -0.392 e. The molecule has 3 rings (SSSR count). The normalized spacial score (nSPS) is 18.8. The number of aliphatic hydroxyl groups excluding tert-OH is 1. The van der Waals surface area contributed by atoms with Crippen LogP contribution in [0, 0.1) is 0 Å². The summed E-state index contributed by atoms with van der Waals surface area (Å²) in [6.07, 6.45) is 5.57. The molecule has 0 aliphatic heterocycles. The Hall–Kier alpha value is -1.61. The molecule has 1 atom stereocenters. The maximum Gasteiger partial charge on any atom is 0.0692 e. The molecule has 1 saturated carbocycles. The van der Waals surface area contributed by atoms with Crippen molar-refractivity contribution < 1.29 is 5.11 Å². The van der Waals surface area contributed by atoms with E-state index in [4.69, 9.17) is 0 Å². The quantitative estimate of drug-likeness (QED) is 0.912. The Morgan fingerprint density at radius 3 is 2.53 bits per heavy atom. The molecule has 3 heteroatoms. The first kappa shape index (κ1) is 12.4. The number of aromatic nitrogens is 2. The molecule has 1 N–H and O–H groups in total. The molecule has 0 spiro atoms. The summed E-state index contributed by atoms with van der Waals surface area (Å²) >= 11 is 0. The molecule has 1 unspecified atom stereocenters. The van der Waals surface area contributed by atoms with Gasteiger partial charge in [0.05, 0.1) is 11.8 Å². The van der Waals surface area contributed by atoms with Gasteiger partial charge in [0.25, 0.3) is 0 Å². The van der Waals surface area contributed by atoms with Crippen molar-refractivity contribution in [1.29, 1.82) is 0 Å². The Kier molecular flexibility index (Phi) is 3.15. The molecule has 1 aromatic carbocycles. The van der Waals surface area contributed by atoms with Gasteiger partial charge in [0, 0.05) is 25.1 Å². The van der Waals surface area contributed by atoms with Crippen molar-refractivity contribution in [3.05, 3.63) is 53.9 Å². The maximum absolute atomic E-state index is 10.7. The van der Waals surface area contributed by atoms with E-state index in [9.17, 15) is 5.11 Å². The Labute approximate surface area is 113 Å². The number of benzene rings is 1. The van der Waals surface area contributed by atoms with E-state index in [-0.39, 0.29) is 11.5 Å². The average molecular weight is 256 g/mol. The molecule has 2 aromatic rings. The molecular weight excluding hydrogens is 236 g/mol. The van der Waals surface area contributed by atoms with Crippen LogP contribution < -0.4 is 0 Å². The number of rotatable bonds is 4. The van der Waals surface area contributed by atoms with E-state index >= 15 is 0 Å². The lowest BCUT2D eigenvalue weighted by Gasteiger charge is -2.46. The zero-order chi connectivity index (χ0) is 13.3. The van der Waals surface area contributed by atoms with Gasteiger partial charge in [-0.3, -0.25) is 4.68 Å². The molecule has 1 aromatic heterocycles. The van der Waals surface area contributed by atoms with Gasteiger partial charge in [-0.25, -0.2) is 0 Å². The number of nitrogens with zero attached hydrogens (tertiary/aromatic N) is 2. The fraction of sp³-hybridized carbons (Fsp3) is 0.438. The third-order valence-electron chi connectivity index (χ3n) is 4.40. The minimum atomic E-state index is -0.349. The zero-order valence-corrected chi connectivity index (χ0v) is 11.3. The minimum absolute atomic E-state index is 0.0568. The molecule has 3 nitrogen and oxygen atoms in total. The van der Waals surface area contributed by atoms with E-state index in [1.165, 1.54) is 12.0 Å². The highest BCUT2D eigenvalue weighted by Gasteiger charge is 2.44. The van der Waals surface area contributed by atoms with Crippen molar-refractivity contribution in [2.24, 2.45) is 7.05 Å². The van der Waals surface area contributed by atoms with E-state index in [0.717, 1.165) is 18.5 Å². The molecule has 0 amide bonds. The van der Waals surface area contributed by atoms with Crippen LogP contribution in [0.3, 0.4) is 0 Å². The van der Waals surface area contributed by atoms with Gasteiger partial charge in [0.2, 0.25) is 0 Å². The van der Waals surface area contributed by atoms with Crippen LogP contribution in [0.5, 0.6) is 0 Å². The van der Waals surface area contributed by atoms with Crippen molar-refractivity contribution in [1.82, 2.24) is 9.78 Å². The van der Waals surface area contributed by atoms with Gasteiger partial charge in [-0.05, 0) is 24.5 Å². The molecule has 0 bridgehead atoms. The Bertz CT molecular complexity index is 543. The lowest BCUT2D eigenvalue weighted by atomic mass is 9.60. The fourth-order valence-corrected chi connectivity index (χ4v) is 3.11. The summed E-state index contributed by atoms with van der Waals surface area (Å²) in [6, 6.07) is 12.4. The van der Waals surface area contributed by atoms with Crippen LogP contribution >= 0.6 is 0 Å². The van der Waals surface area contributed by atoms with Gasteiger partial charge < -0.3 is 5.11 Å². The van der Waals surface area contributed by atoms with Crippen molar-refractivity contribution in [3.8, 4) is 0 Å². The van der Waals surface area contributed by atoms with Crippen LogP contribution in [0.15, 0.2) is 42.6 Å². The average Bonchev–Trinajstić information content (AvgIpc) is 2.75. The molecule has 100 valence electrons. The number of aryl methyl sites for hydroxylation is 1. The van der Waals surface area contributed by atoms with Gasteiger partial charge in [0.15, 0.2) is 0 Å². The first-order valence-corrected chi connectivity index (χ1v) is 6.93. The van der Waals surface area contributed by atoms with Crippen molar-refractivity contribution in [2.45, 2.75) is 37.2 Å². The highest BCUT2D eigenvalue weighted by atomic mass is 16.3. The summed E-state index contributed by atoms with van der Waals surface area (Å²) in [7, 11) is 1.91. The van der Waals surface area contributed by atoms with Crippen molar-refractivity contribution in [3.63, 3.8) is 0 Å². The van der Waals surface area contributed by atoms with E-state index in [1.54, 1.807) is 4.68 Å². The SMILES string of the molecule is Cn1ccc(CC(O)C2(c3ccccc3)CCC2)n1. The second-order valence-electron chi connectivity index (χ2n) is 5.58. The molecule has 0 radical (unpaired) electrons. The van der Waals surface area contributed by atoms with Crippen LogP contribution in [0.1, 0.15) is 30.5 Å². The van der Waals surface area contributed by atoms with E-state index in [0.29, 0.717) is 6.42 Å². The predicted molar refractivity (Wildman–Crippen MR) is 74.9 cm³/mol. The van der Waals surface area contributed by atoms with Gasteiger partial charge in [-0.1, -0.05) is 36.8 Å². The molecule has 1 fully saturated rings. The predicted octanol–water partition coefficient (Wildman–Crippen LogP) is 2.45. The molecule has 19 heavy (non-hydrogen) atoms. The second-order valence-corrected chi connectivity index (χ2v) is 5.58. The van der Waals surface area contributed by atoms with Gasteiger partial charge in [0.1, 0.15) is 0 Å². The lowest BCUT2D eigenvalue weighted by molar-refractivity contribution is 0.0278. The summed E-state index contributed by atoms with van der Waals surface area (Å²) in [5, 5.41) is 15.1. The van der Waals surface area contributed by atoms with E-state index in [1.807, 2.05) is 25.4 Å². The lowest BCUT2D eigenvalue weighted by Crippen LogP contribution is -2.46. The van der Waals surface area contributed by atoms with Crippen LogP contribution in [-0.4, -0.2) is 21.0 Å². The van der Waals surface area contributed by atoms with Crippen LogP contribution in [0.25, 0.3) is 0 Å². The topological polar surface area (TPSA) is 38.0 Å². The van der Waals surface area contributed by atoms with Crippen molar-refractivity contribution >= 4 is 0 Å². The zero-order valence-electron chi connectivity index (χ0n) is 11.3. The summed E-state index contributed by atoms with van der Waals surface area (Å²) < 4.78 is 1.79. The molecule has 1 aliphatic carbocycles. The van der Waals surface area contributed by atoms with Gasteiger partial charge in [-0.2, -0.15) is 5.10 Å². The summed E-state index contributed by atoms with van der Waals surface area (Å²) in [5.41, 5.74) is 2.18. The Morgan fingerprint density at radius 2 is 2.00 bits per heavy atom. The standard InChI is InChI=1S/C16H20N2O/c1-18-11-8-14(17-18)12-15(19)16(9-5-10-16)13-6-3-2-4-7-13/h2-4,6-8,11,15,19H,5,9-10,12H2,1H3. The Morgan fingerprint density at radius 1 is 1.26 bits per heavy atom. The van der Waals surface area contributed by atoms with E-state index < -0.39 is 0 Å². The number of hydrogen-bond donors (Lipinski definition) is 1. The summed E-state index contributed by atoms with van der Waals surface area (Å²) in [6.45, 7) is 0. The molecular formula is C16H20N2O. The number of aliphatic hydroxyl groups is 1. The monoisotopic (exact) mass is 256 g/mol. The first-order chi connectivity index (χ1) is 9.21. The molecule has 1 aliphatic rings. The number of hydrogen-bond acceptors (Lipinski definition) is 2. The van der Waals surface area contributed by atoms with Gasteiger partial charge in [-0.15, -0.1) is 0 Å². The highest BCUT2D eigenvalue weighted by molar-refractivity contribution is 5.30. The fourth-order valence-electron chi connectivity index (χ4n) is 3.11. The first-order valence-electron chi connectivity index (χ1n) is 6.93.